The van der Waals surface area contributed by atoms with Crippen LogP contribution in [0.4, 0.5) is 11.4 Å². The van der Waals surface area contributed by atoms with Crippen LogP contribution in [0.2, 0.25) is 10.0 Å². The molecule has 0 saturated carbocycles. The summed E-state index contributed by atoms with van der Waals surface area (Å²) in [4.78, 5) is 12.0. The molecule has 0 heterocycles. The first-order valence-electron chi connectivity index (χ1n) is 7.54. The summed E-state index contributed by atoms with van der Waals surface area (Å²) in [5.74, 6) is -0.207. The summed E-state index contributed by atoms with van der Waals surface area (Å²) >= 11 is 11.8. The molecule has 25 heavy (non-hydrogen) atoms. The lowest BCUT2D eigenvalue weighted by atomic mass is 10.2. The molecule has 0 aliphatic carbocycles. The third kappa shape index (κ3) is 6.23. The standard InChI is InChI=1S/C17H18Cl2N2O3S/c1-25(23,24)21(16-8-3-6-14(19)12-16)10-4-9-17(22)20-15-7-2-5-13(18)11-15/h2-3,5-8,11-12H,4,9-10H2,1H3,(H,20,22). The van der Waals surface area contributed by atoms with Gasteiger partial charge in [-0.1, -0.05) is 35.3 Å². The van der Waals surface area contributed by atoms with Crippen molar-refractivity contribution in [2.24, 2.45) is 0 Å². The van der Waals surface area contributed by atoms with Crippen molar-refractivity contribution in [1.29, 1.82) is 0 Å². The summed E-state index contributed by atoms with van der Waals surface area (Å²) in [6, 6.07) is 13.4. The van der Waals surface area contributed by atoms with Crippen LogP contribution in [0.15, 0.2) is 48.5 Å². The van der Waals surface area contributed by atoms with Crippen LogP contribution in [0.5, 0.6) is 0 Å². The number of anilines is 2. The zero-order valence-electron chi connectivity index (χ0n) is 13.6. The molecule has 0 spiro atoms. The molecule has 1 N–H and O–H groups in total. The fourth-order valence-corrected chi connectivity index (χ4v) is 3.62. The minimum Gasteiger partial charge on any atom is -0.326 e. The molecule has 5 nitrogen and oxygen atoms in total. The van der Waals surface area contributed by atoms with Crippen molar-refractivity contribution in [3.8, 4) is 0 Å². The van der Waals surface area contributed by atoms with Crippen LogP contribution in [0.1, 0.15) is 12.8 Å². The highest BCUT2D eigenvalue weighted by molar-refractivity contribution is 7.92. The molecular weight excluding hydrogens is 383 g/mol. The second-order valence-electron chi connectivity index (χ2n) is 5.48. The van der Waals surface area contributed by atoms with Crippen LogP contribution in [-0.2, 0) is 14.8 Å². The van der Waals surface area contributed by atoms with E-state index in [0.717, 1.165) is 6.26 Å². The first kappa shape index (κ1) is 19.6. The number of rotatable bonds is 7. The lowest BCUT2D eigenvalue weighted by Crippen LogP contribution is -2.31. The van der Waals surface area contributed by atoms with Crippen molar-refractivity contribution < 1.29 is 13.2 Å². The van der Waals surface area contributed by atoms with Crippen molar-refractivity contribution in [2.75, 3.05) is 22.4 Å². The van der Waals surface area contributed by atoms with Gasteiger partial charge in [-0.05, 0) is 42.8 Å². The number of nitrogens with zero attached hydrogens (tertiary/aromatic N) is 1. The van der Waals surface area contributed by atoms with Gasteiger partial charge in [-0.2, -0.15) is 0 Å². The van der Waals surface area contributed by atoms with Crippen molar-refractivity contribution in [3.63, 3.8) is 0 Å². The lowest BCUT2D eigenvalue weighted by molar-refractivity contribution is -0.116. The maximum absolute atomic E-state index is 12.0. The minimum absolute atomic E-state index is 0.180. The molecule has 0 bridgehead atoms. The number of carbonyl (C=O) groups is 1. The van der Waals surface area contributed by atoms with Crippen molar-refractivity contribution in [1.82, 2.24) is 0 Å². The van der Waals surface area contributed by atoms with E-state index in [1.165, 1.54) is 4.31 Å². The molecule has 0 aliphatic heterocycles. The molecule has 134 valence electrons. The summed E-state index contributed by atoms with van der Waals surface area (Å²) in [6.45, 7) is 0.183. The first-order valence-corrected chi connectivity index (χ1v) is 10.1. The molecule has 2 aromatic carbocycles. The normalized spacial score (nSPS) is 11.2. The summed E-state index contributed by atoms with van der Waals surface area (Å²) < 4.78 is 25.3. The first-order chi connectivity index (χ1) is 11.8. The molecular formula is C17H18Cl2N2O3S. The van der Waals surface area contributed by atoms with Gasteiger partial charge in [0.2, 0.25) is 15.9 Å². The number of sulfonamides is 1. The maximum Gasteiger partial charge on any atom is 0.232 e. The number of nitrogens with one attached hydrogen (secondary N) is 1. The average Bonchev–Trinajstić information content (AvgIpc) is 2.50. The van der Waals surface area contributed by atoms with Gasteiger partial charge >= 0.3 is 0 Å². The van der Waals surface area contributed by atoms with Gasteiger partial charge in [0.25, 0.3) is 0 Å². The van der Waals surface area contributed by atoms with E-state index >= 15 is 0 Å². The highest BCUT2D eigenvalue weighted by atomic mass is 35.5. The van der Waals surface area contributed by atoms with Gasteiger partial charge in [0.15, 0.2) is 0 Å². The van der Waals surface area contributed by atoms with E-state index in [1.807, 2.05) is 0 Å². The van der Waals surface area contributed by atoms with Crippen LogP contribution in [0.3, 0.4) is 0 Å². The topological polar surface area (TPSA) is 66.5 Å². The largest absolute Gasteiger partial charge is 0.326 e. The third-order valence-electron chi connectivity index (χ3n) is 3.37. The molecule has 0 aromatic heterocycles. The third-order valence-corrected chi connectivity index (χ3v) is 5.03. The Morgan fingerprint density at radius 3 is 2.32 bits per heavy atom. The summed E-state index contributed by atoms with van der Waals surface area (Å²) in [7, 11) is -3.47. The Kier molecular flexibility index (Phi) is 6.70. The van der Waals surface area contributed by atoms with Crippen LogP contribution in [-0.4, -0.2) is 27.1 Å². The van der Waals surface area contributed by atoms with E-state index in [2.05, 4.69) is 5.32 Å². The Labute approximate surface area is 157 Å². The van der Waals surface area contributed by atoms with E-state index in [0.29, 0.717) is 27.8 Å². The van der Waals surface area contributed by atoms with Gasteiger partial charge in [-0.25, -0.2) is 8.42 Å². The molecule has 0 atom stereocenters. The molecule has 0 saturated heterocycles. The molecule has 1 amide bonds. The summed E-state index contributed by atoms with van der Waals surface area (Å²) in [6.07, 6.45) is 1.67. The van der Waals surface area contributed by atoms with E-state index in [4.69, 9.17) is 23.2 Å². The summed E-state index contributed by atoms with van der Waals surface area (Å²) in [5, 5.41) is 3.71. The smallest absolute Gasteiger partial charge is 0.232 e. The Morgan fingerprint density at radius 2 is 1.72 bits per heavy atom. The number of carbonyl (C=O) groups excluding carboxylic acids is 1. The molecule has 0 radical (unpaired) electrons. The Morgan fingerprint density at radius 1 is 1.08 bits per heavy atom. The van der Waals surface area contributed by atoms with E-state index < -0.39 is 10.0 Å². The fraction of sp³-hybridized carbons (Fsp3) is 0.235. The average molecular weight is 401 g/mol. The Hall–Kier alpha value is -1.76. The fourth-order valence-electron chi connectivity index (χ4n) is 2.29. The predicted octanol–water partition coefficient (Wildman–Crippen LogP) is 4.18. The second kappa shape index (κ2) is 8.56. The zero-order chi connectivity index (χ0) is 18.4. The number of hydrogen-bond donors (Lipinski definition) is 1. The van der Waals surface area contributed by atoms with Crippen LogP contribution in [0, 0.1) is 0 Å². The highest BCUT2D eigenvalue weighted by Crippen LogP contribution is 2.22. The van der Waals surface area contributed by atoms with Gasteiger partial charge in [0.1, 0.15) is 0 Å². The van der Waals surface area contributed by atoms with Gasteiger partial charge < -0.3 is 5.32 Å². The maximum atomic E-state index is 12.0. The molecule has 8 heteroatoms. The van der Waals surface area contributed by atoms with E-state index in [1.54, 1.807) is 48.5 Å². The minimum atomic E-state index is -3.47. The molecule has 0 fully saturated rings. The molecule has 2 rings (SSSR count). The number of benzene rings is 2. The monoisotopic (exact) mass is 400 g/mol. The van der Waals surface area contributed by atoms with Crippen molar-refractivity contribution in [3.05, 3.63) is 58.6 Å². The van der Waals surface area contributed by atoms with Crippen molar-refractivity contribution >= 4 is 50.5 Å². The van der Waals surface area contributed by atoms with Crippen LogP contribution < -0.4 is 9.62 Å². The SMILES string of the molecule is CS(=O)(=O)N(CCCC(=O)Nc1cccc(Cl)c1)c1cccc(Cl)c1. The highest BCUT2D eigenvalue weighted by Gasteiger charge is 2.17. The van der Waals surface area contributed by atoms with Gasteiger partial charge in [-0.3, -0.25) is 9.10 Å². The predicted molar refractivity (Wildman–Crippen MR) is 103 cm³/mol. The zero-order valence-corrected chi connectivity index (χ0v) is 15.9. The quantitative estimate of drug-likeness (QED) is 0.757. The Balaban J connectivity index is 1.96. The summed E-state index contributed by atoms with van der Waals surface area (Å²) in [5.41, 5.74) is 1.08. The van der Waals surface area contributed by atoms with Gasteiger partial charge in [0.05, 0.1) is 11.9 Å². The number of amides is 1. The van der Waals surface area contributed by atoms with E-state index in [-0.39, 0.29) is 18.9 Å². The number of hydrogen-bond acceptors (Lipinski definition) is 3. The lowest BCUT2D eigenvalue weighted by Gasteiger charge is -2.22. The van der Waals surface area contributed by atoms with Gasteiger partial charge in [-0.15, -0.1) is 0 Å². The van der Waals surface area contributed by atoms with Crippen molar-refractivity contribution in [2.45, 2.75) is 12.8 Å². The molecule has 0 aliphatic rings. The molecule has 2 aromatic rings. The van der Waals surface area contributed by atoms with Crippen LogP contribution in [0.25, 0.3) is 0 Å². The van der Waals surface area contributed by atoms with E-state index in [9.17, 15) is 13.2 Å². The molecule has 0 unspecified atom stereocenters. The second-order valence-corrected chi connectivity index (χ2v) is 8.26. The Bertz CT molecular complexity index is 856. The number of halogens is 2. The van der Waals surface area contributed by atoms with Crippen LogP contribution >= 0.6 is 23.2 Å². The van der Waals surface area contributed by atoms with Gasteiger partial charge in [0, 0.05) is 28.7 Å².